The van der Waals surface area contributed by atoms with E-state index in [0.29, 0.717) is 31.9 Å². The number of rotatable bonds is 10. The zero-order chi connectivity index (χ0) is 31.4. The van der Waals surface area contributed by atoms with Gasteiger partial charge >= 0.3 is 17.9 Å². The normalized spacial score (nSPS) is 43.1. The summed E-state index contributed by atoms with van der Waals surface area (Å²) >= 11 is 0. The van der Waals surface area contributed by atoms with Gasteiger partial charge in [0.1, 0.15) is 36.6 Å². The third-order valence-electron chi connectivity index (χ3n) is 10.9. The third kappa shape index (κ3) is 5.32. The van der Waals surface area contributed by atoms with Gasteiger partial charge in [0.25, 0.3) is 0 Å². The zero-order valence-electron chi connectivity index (χ0n) is 26.9. The molecule has 11 heteroatoms. The van der Waals surface area contributed by atoms with Crippen LogP contribution >= 0.6 is 0 Å². The van der Waals surface area contributed by atoms with E-state index in [1.807, 2.05) is 40.8 Å². The summed E-state index contributed by atoms with van der Waals surface area (Å²) < 4.78 is 44.3. The van der Waals surface area contributed by atoms with Crippen molar-refractivity contribution in [2.45, 2.75) is 128 Å². The molecule has 1 N–H and O–H groups in total. The summed E-state index contributed by atoms with van der Waals surface area (Å²) in [7, 11) is 3.61. The maximum Gasteiger partial charge on any atom is 0.306 e. The number of carbonyl (C=O) groups excluding carboxylic acids is 3. The second-order valence-corrected chi connectivity index (χ2v) is 13.8. The summed E-state index contributed by atoms with van der Waals surface area (Å²) in [6.07, 6.45) is 2.38. The molecule has 0 unspecified atom stereocenters. The van der Waals surface area contributed by atoms with Crippen molar-refractivity contribution in [2.24, 2.45) is 16.7 Å². The Labute approximate surface area is 254 Å². The van der Waals surface area contributed by atoms with Gasteiger partial charge in [-0.15, -0.1) is 0 Å². The Kier molecular flexibility index (Phi) is 8.81. The fourth-order valence-corrected chi connectivity index (χ4v) is 8.32. The van der Waals surface area contributed by atoms with Gasteiger partial charge in [-0.05, 0) is 38.3 Å². The van der Waals surface area contributed by atoms with E-state index >= 15 is 0 Å². The van der Waals surface area contributed by atoms with E-state index in [1.54, 1.807) is 7.11 Å². The van der Waals surface area contributed by atoms with Gasteiger partial charge < -0.3 is 38.5 Å². The van der Waals surface area contributed by atoms with E-state index in [4.69, 9.17) is 33.2 Å². The minimum atomic E-state index is -0.962. The minimum absolute atomic E-state index is 0.0346. The summed E-state index contributed by atoms with van der Waals surface area (Å²) in [4.78, 5) is 37.9. The van der Waals surface area contributed by atoms with E-state index in [-0.39, 0.29) is 24.9 Å². The van der Waals surface area contributed by atoms with Crippen LogP contribution in [-0.4, -0.2) is 93.2 Å². The summed E-state index contributed by atoms with van der Waals surface area (Å²) in [6, 6.07) is 0.365. The lowest BCUT2D eigenvalue weighted by molar-refractivity contribution is -0.288. The van der Waals surface area contributed by atoms with Crippen molar-refractivity contribution in [3.63, 3.8) is 0 Å². The monoisotopic (exact) mass is 607 g/mol. The Morgan fingerprint density at radius 3 is 2.33 bits per heavy atom. The summed E-state index contributed by atoms with van der Waals surface area (Å²) in [5, 5.41) is 3.35. The van der Waals surface area contributed by atoms with Crippen LogP contribution in [0.4, 0.5) is 0 Å². The standard InChI is InChI=1S/C32H49NO10/c1-18(2)13-25(36)41-23-15-30(16-38-20(4)34)24(14-19(23)3)42-28-26(43-31(37-8)11-9-22(33-7)10-12-31)27(40-21(5)35)29(30,6)32(28)17-39-32/h14,18,22-24,26-28,33H,9-13,15-17H2,1-8H3/t22?,23-,24+,26+,27+,28+,29+,30+,31?,32-/m0/s1. The molecule has 5 aliphatic rings. The number of carbonyl (C=O) groups is 3. The molecule has 242 valence electrons. The average Bonchev–Trinajstić information content (AvgIpc) is 3.73. The Morgan fingerprint density at radius 1 is 1.12 bits per heavy atom. The summed E-state index contributed by atoms with van der Waals surface area (Å²) in [5.41, 5.74) is -1.90. The quantitative estimate of drug-likeness (QED) is 0.129. The molecule has 3 aliphatic carbocycles. The fourth-order valence-electron chi connectivity index (χ4n) is 8.32. The van der Waals surface area contributed by atoms with E-state index in [9.17, 15) is 14.4 Å². The van der Waals surface area contributed by atoms with E-state index in [0.717, 1.165) is 18.4 Å². The van der Waals surface area contributed by atoms with Crippen LogP contribution in [0.25, 0.3) is 0 Å². The number of ether oxygens (including phenoxy) is 7. The van der Waals surface area contributed by atoms with Crippen molar-refractivity contribution in [3.05, 3.63) is 11.6 Å². The van der Waals surface area contributed by atoms with Crippen molar-refractivity contribution < 1.29 is 47.5 Å². The molecule has 8 atom stereocenters. The first-order valence-corrected chi connectivity index (χ1v) is 15.6. The summed E-state index contributed by atoms with van der Waals surface area (Å²) in [6.45, 7) is 11.0. The van der Waals surface area contributed by atoms with Crippen LogP contribution in [0.5, 0.6) is 0 Å². The number of nitrogens with one attached hydrogen (secondary N) is 1. The van der Waals surface area contributed by atoms with Gasteiger partial charge in [0.15, 0.2) is 5.79 Å². The molecule has 0 radical (unpaired) electrons. The highest BCUT2D eigenvalue weighted by Crippen LogP contribution is 2.73. The topological polar surface area (TPSA) is 131 Å². The average molecular weight is 608 g/mol. The molecule has 1 spiro atoms. The number of fused-ring (bicyclic) bond motifs is 2. The molecule has 4 fully saturated rings. The Bertz CT molecular complexity index is 1130. The fraction of sp³-hybridized carbons (Fsp3) is 0.844. The maximum atomic E-state index is 12.9. The highest BCUT2D eigenvalue weighted by Gasteiger charge is 2.87. The zero-order valence-corrected chi connectivity index (χ0v) is 26.9. The number of methoxy groups -OCH3 is 1. The Hall–Kier alpha value is -2.05. The number of hydrogen-bond donors (Lipinski definition) is 1. The minimum Gasteiger partial charge on any atom is -0.465 e. The van der Waals surface area contributed by atoms with Gasteiger partial charge in [-0.3, -0.25) is 14.4 Å². The van der Waals surface area contributed by atoms with Gasteiger partial charge in [0.05, 0.1) is 23.5 Å². The van der Waals surface area contributed by atoms with Crippen molar-refractivity contribution in [1.29, 1.82) is 0 Å². The maximum absolute atomic E-state index is 12.9. The lowest BCUT2D eigenvalue weighted by Gasteiger charge is -2.58. The molecule has 2 heterocycles. The molecule has 2 saturated carbocycles. The van der Waals surface area contributed by atoms with Crippen molar-refractivity contribution >= 4 is 17.9 Å². The van der Waals surface area contributed by atoms with Crippen LogP contribution in [-0.2, 0) is 47.5 Å². The third-order valence-corrected chi connectivity index (χ3v) is 10.9. The van der Waals surface area contributed by atoms with Crippen LogP contribution in [0, 0.1) is 16.7 Å². The first kappa shape index (κ1) is 32.3. The van der Waals surface area contributed by atoms with Crippen LogP contribution < -0.4 is 5.32 Å². The second kappa shape index (κ2) is 11.7. The van der Waals surface area contributed by atoms with E-state index in [2.05, 4.69) is 5.32 Å². The molecule has 0 aromatic rings. The molecular weight excluding hydrogens is 558 g/mol. The molecule has 11 nitrogen and oxygen atoms in total. The van der Waals surface area contributed by atoms with E-state index < -0.39 is 64.7 Å². The van der Waals surface area contributed by atoms with Gasteiger partial charge in [0, 0.05) is 52.7 Å². The Balaban J connectivity index is 1.58. The molecular formula is C32H49NO10. The molecule has 2 bridgehead atoms. The largest absolute Gasteiger partial charge is 0.465 e. The summed E-state index contributed by atoms with van der Waals surface area (Å²) in [5.74, 6) is -1.96. The Morgan fingerprint density at radius 2 is 1.79 bits per heavy atom. The molecule has 0 aromatic carbocycles. The molecule has 43 heavy (non-hydrogen) atoms. The molecule has 0 aromatic heterocycles. The highest BCUT2D eigenvalue weighted by atomic mass is 16.7. The predicted molar refractivity (Wildman–Crippen MR) is 154 cm³/mol. The second-order valence-electron chi connectivity index (χ2n) is 13.8. The molecule has 2 saturated heterocycles. The van der Waals surface area contributed by atoms with Gasteiger partial charge in [-0.1, -0.05) is 26.8 Å². The first-order valence-electron chi connectivity index (χ1n) is 15.6. The van der Waals surface area contributed by atoms with Gasteiger partial charge in [-0.2, -0.15) is 0 Å². The lowest BCUT2D eigenvalue weighted by Crippen LogP contribution is -2.68. The number of esters is 3. The molecule has 0 amide bonds. The highest BCUT2D eigenvalue weighted by molar-refractivity contribution is 5.70. The first-order chi connectivity index (χ1) is 20.3. The predicted octanol–water partition coefficient (Wildman–Crippen LogP) is 3.22. The van der Waals surface area contributed by atoms with Crippen LogP contribution in [0.2, 0.25) is 0 Å². The smallest absolute Gasteiger partial charge is 0.306 e. The number of hydrogen-bond acceptors (Lipinski definition) is 11. The van der Waals surface area contributed by atoms with Crippen LogP contribution in [0.3, 0.4) is 0 Å². The van der Waals surface area contributed by atoms with Crippen LogP contribution in [0.1, 0.15) is 80.1 Å². The van der Waals surface area contributed by atoms with Crippen molar-refractivity contribution in [2.75, 3.05) is 27.4 Å². The van der Waals surface area contributed by atoms with Crippen LogP contribution in [0.15, 0.2) is 11.6 Å². The lowest BCUT2D eigenvalue weighted by atomic mass is 9.51. The molecule has 2 aliphatic heterocycles. The van der Waals surface area contributed by atoms with Crippen molar-refractivity contribution in [3.8, 4) is 0 Å². The molecule has 5 rings (SSSR count). The van der Waals surface area contributed by atoms with Gasteiger partial charge in [0.2, 0.25) is 0 Å². The van der Waals surface area contributed by atoms with Crippen molar-refractivity contribution in [1.82, 2.24) is 5.32 Å². The SMILES string of the molecule is CNC1CCC(OC)(O[C@@H]2[C@@H](OC(C)=O)[C@]3(C)[C@@]4(COC(C)=O)C[C@H](OC(=O)CC(C)C)C(C)=C[C@H]4O[C@H]2[C@@]32CO2)CC1. The van der Waals surface area contributed by atoms with E-state index in [1.165, 1.54) is 13.8 Å². The van der Waals surface area contributed by atoms with Gasteiger partial charge in [-0.25, -0.2) is 0 Å². The number of epoxide rings is 1.